The average molecular weight is 400 g/mol. The maximum Gasteiger partial charge on any atom is 0.356 e. The van der Waals surface area contributed by atoms with Crippen LogP contribution in [0.1, 0.15) is 23.3 Å². The fourth-order valence-corrected chi connectivity index (χ4v) is 3.01. The molecule has 23 heavy (non-hydrogen) atoms. The van der Waals surface area contributed by atoms with Crippen molar-refractivity contribution in [2.45, 2.75) is 12.8 Å². The molecule has 1 N–H and O–H groups in total. The maximum absolute atomic E-state index is 11.9. The highest BCUT2D eigenvalue weighted by Gasteiger charge is 2.38. The van der Waals surface area contributed by atoms with Crippen molar-refractivity contribution in [1.82, 2.24) is 14.8 Å². The van der Waals surface area contributed by atoms with E-state index in [-0.39, 0.29) is 39.7 Å². The van der Waals surface area contributed by atoms with Crippen LogP contribution in [-0.2, 0) is 9.59 Å². The first-order valence-electron chi connectivity index (χ1n) is 6.40. The van der Waals surface area contributed by atoms with Gasteiger partial charge in [0, 0.05) is 19.0 Å². The number of pyridine rings is 1. The summed E-state index contributed by atoms with van der Waals surface area (Å²) in [4.78, 5) is 40.4. The number of rotatable bonds is 3. The number of carboxylic acids is 1. The van der Waals surface area contributed by atoms with Gasteiger partial charge in [0.25, 0.3) is 0 Å². The van der Waals surface area contributed by atoms with Crippen molar-refractivity contribution in [3.63, 3.8) is 0 Å². The molecule has 2 aromatic heterocycles. The van der Waals surface area contributed by atoms with Gasteiger partial charge in [0.2, 0.25) is 11.8 Å². The minimum absolute atomic E-state index is 0.0276. The maximum atomic E-state index is 11.9. The van der Waals surface area contributed by atoms with Crippen LogP contribution in [0.15, 0.2) is 22.9 Å². The van der Waals surface area contributed by atoms with Gasteiger partial charge in [-0.15, -0.1) is 0 Å². The first-order valence-corrected chi connectivity index (χ1v) is 7.57. The molecule has 1 fully saturated rings. The van der Waals surface area contributed by atoms with Gasteiger partial charge in [-0.05, 0) is 28.1 Å². The number of halogens is 2. The number of imide groups is 1. The molecule has 3 heterocycles. The number of anilines is 1. The van der Waals surface area contributed by atoms with Crippen molar-refractivity contribution < 1.29 is 19.5 Å². The van der Waals surface area contributed by atoms with Crippen molar-refractivity contribution >= 4 is 51.0 Å². The lowest BCUT2D eigenvalue weighted by atomic mass is 10.3. The quantitative estimate of drug-likeness (QED) is 0.792. The van der Waals surface area contributed by atoms with Crippen molar-refractivity contribution in [3.8, 4) is 5.82 Å². The molecule has 1 aliphatic heterocycles. The number of carbonyl (C=O) groups excluding carboxylic acids is 2. The molecule has 0 aromatic carbocycles. The summed E-state index contributed by atoms with van der Waals surface area (Å²) >= 11 is 9.15. The van der Waals surface area contributed by atoms with E-state index in [1.54, 1.807) is 6.07 Å². The molecule has 8 nitrogen and oxygen atoms in total. The van der Waals surface area contributed by atoms with E-state index < -0.39 is 17.8 Å². The van der Waals surface area contributed by atoms with E-state index in [9.17, 15) is 19.5 Å². The average Bonchev–Trinajstić information content (AvgIpc) is 2.99. The van der Waals surface area contributed by atoms with E-state index in [0.29, 0.717) is 0 Å². The van der Waals surface area contributed by atoms with Crippen LogP contribution in [0.5, 0.6) is 0 Å². The molecular weight excluding hydrogens is 392 g/mol. The SMILES string of the molecule is O=C(O)c1c(N2C(=O)CCC2=O)c(Br)nn1-c1ncccc1Cl. The Morgan fingerprint density at radius 2 is 1.96 bits per heavy atom. The van der Waals surface area contributed by atoms with Gasteiger partial charge >= 0.3 is 5.97 Å². The zero-order chi connectivity index (χ0) is 16.7. The van der Waals surface area contributed by atoms with Crippen LogP contribution in [0.25, 0.3) is 5.82 Å². The molecule has 2 amide bonds. The molecule has 0 saturated carbocycles. The lowest BCUT2D eigenvalue weighted by molar-refractivity contribution is -0.121. The molecule has 1 aliphatic rings. The minimum Gasteiger partial charge on any atom is -0.476 e. The lowest BCUT2D eigenvalue weighted by Crippen LogP contribution is -2.30. The Labute approximate surface area is 142 Å². The largest absolute Gasteiger partial charge is 0.476 e. The van der Waals surface area contributed by atoms with E-state index in [0.717, 1.165) is 9.58 Å². The first kappa shape index (κ1) is 15.6. The zero-order valence-electron chi connectivity index (χ0n) is 11.4. The van der Waals surface area contributed by atoms with E-state index in [2.05, 4.69) is 26.0 Å². The molecule has 118 valence electrons. The predicted molar refractivity (Wildman–Crippen MR) is 82.8 cm³/mol. The summed E-state index contributed by atoms with van der Waals surface area (Å²) in [5.41, 5.74) is -0.493. The summed E-state index contributed by atoms with van der Waals surface area (Å²) in [5.74, 6) is -2.25. The number of amides is 2. The van der Waals surface area contributed by atoms with Crippen LogP contribution in [0.4, 0.5) is 5.69 Å². The van der Waals surface area contributed by atoms with E-state index in [4.69, 9.17) is 11.6 Å². The monoisotopic (exact) mass is 398 g/mol. The minimum atomic E-state index is -1.37. The second kappa shape index (κ2) is 5.74. The summed E-state index contributed by atoms with van der Waals surface area (Å²) in [6.07, 6.45) is 1.48. The molecule has 1 saturated heterocycles. The summed E-state index contributed by atoms with van der Waals surface area (Å²) in [6, 6.07) is 3.11. The van der Waals surface area contributed by atoms with Gasteiger partial charge < -0.3 is 5.11 Å². The van der Waals surface area contributed by atoms with Crippen LogP contribution in [0, 0.1) is 0 Å². The fourth-order valence-electron chi connectivity index (χ4n) is 2.29. The Bertz CT molecular complexity index is 834. The first-order chi connectivity index (χ1) is 10.9. The third-order valence-electron chi connectivity index (χ3n) is 3.24. The lowest BCUT2D eigenvalue weighted by Gasteiger charge is -2.13. The molecule has 0 radical (unpaired) electrons. The molecule has 0 unspecified atom stereocenters. The second-order valence-electron chi connectivity index (χ2n) is 4.64. The van der Waals surface area contributed by atoms with Gasteiger partial charge in [0.1, 0.15) is 5.69 Å². The highest BCUT2D eigenvalue weighted by Crippen LogP contribution is 2.35. The molecule has 3 rings (SSSR count). The van der Waals surface area contributed by atoms with Crippen molar-refractivity contribution in [2.24, 2.45) is 0 Å². The van der Waals surface area contributed by atoms with E-state index in [1.165, 1.54) is 12.3 Å². The Hall–Kier alpha value is -2.26. The van der Waals surface area contributed by atoms with E-state index >= 15 is 0 Å². The molecular formula is C13H8BrClN4O4. The zero-order valence-corrected chi connectivity index (χ0v) is 13.7. The number of hydrogen-bond acceptors (Lipinski definition) is 5. The number of aromatic carboxylic acids is 1. The number of nitrogens with zero attached hydrogens (tertiary/aromatic N) is 4. The molecule has 0 spiro atoms. The van der Waals surface area contributed by atoms with Gasteiger partial charge in [-0.25, -0.2) is 19.4 Å². The van der Waals surface area contributed by atoms with Gasteiger partial charge in [0.05, 0.1) is 5.02 Å². The fraction of sp³-hybridized carbons (Fsp3) is 0.154. The van der Waals surface area contributed by atoms with Crippen molar-refractivity contribution in [3.05, 3.63) is 33.6 Å². The Balaban J connectivity index is 2.27. The van der Waals surface area contributed by atoms with Crippen LogP contribution in [-0.4, -0.2) is 37.7 Å². The normalized spacial score (nSPS) is 14.6. The van der Waals surface area contributed by atoms with Crippen LogP contribution < -0.4 is 4.90 Å². The van der Waals surface area contributed by atoms with Gasteiger partial charge in [-0.3, -0.25) is 9.59 Å². The molecule has 0 bridgehead atoms. The number of aromatic nitrogens is 3. The summed E-state index contributed by atoms with van der Waals surface area (Å²) < 4.78 is 1.03. The van der Waals surface area contributed by atoms with Crippen molar-refractivity contribution in [2.75, 3.05) is 4.90 Å². The number of hydrogen-bond donors (Lipinski definition) is 1. The van der Waals surface area contributed by atoms with Gasteiger partial charge in [0.15, 0.2) is 16.1 Å². The molecule has 0 atom stereocenters. The van der Waals surface area contributed by atoms with Gasteiger partial charge in [-0.1, -0.05) is 11.6 Å². The molecule has 2 aromatic rings. The number of carboxylic acid groups (broad SMARTS) is 1. The topological polar surface area (TPSA) is 105 Å². The van der Waals surface area contributed by atoms with Crippen LogP contribution in [0.3, 0.4) is 0 Å². The highest BCUT2D eigenvalue weighted by atomic mass is 79.9. The summed E-state index contributed by atoms with van der Waals surface area (Å²) in [6.45, 7) is 0. The van der Waals surface area contributed by atoms with Crippen LogP contribution in [0.2, 0.25) is 5.02 Å². The highest BCUT2D eigenvalue weighted by molar-refractivity contribution is 9.10. The summed E-state index contributed by atoms with van der Waals surface area (Å²) in [7, 11) is 0. The summed E-state index contributed by atoms with van der Waals surface area (Å²) in [5, 5.41) is 13.8. The standard InChI is InChI=1S/C13H8BrClN4O4/c14-11-9(18-7(20)3-4-8(18)21)10(13(22)23)19(17-11)12-6(15)2-1-5-16-12/h1-2,5H,3-4H2,(H,22,23). The smallest absolute Gasteiger partial charge is 0.356 e. The Morgan fingerprint density at radius 3 is 2.52 bits per heavy atom. The third-order valence-corrected chi connectivity index (χ3v) is 4.07. The van der Waals surface area contributed by atoms with Crippen molar-refractivity contribution in [1.29, 1.82) is 0 Å². The molecule has 0 aliphatic carbocycles. The van der Waals surface area contributed by atoms with E-state index in [1.807, 2.05) is 0 Å². The second-order valence-corrected chi connectivity index (χ2v) is 5.80. The van der Waals surface area contributed by atoms with Crippen LogP contribution >= 0.6 is 27.5 Å². The number of carbonyl (C=O) groups is 3. The molecule has 10 heteroatoms. The Kier molecular flexibility index (Phi) is 3.90. The van der Waals surface area contributed by atoms with Gasteiger partial charge in [-0.2, -0.15) is 5.10 Å². The third kappa shape index (κ3) is 2.51. The predicted octanol–water partition coefficient (Wildman–Crippen LogP) is 2.03. The Morgan fingerprint density at radius 1 is 1.30 bits per heavy atom.